The van der Waals surface area contributed by atoms with E-state index >= 15 is 0 Å². The van der Waals surface area contributed by atoms with Crippen LogP contribution in [0.3, 0.4) is 0 Å². The molecule has 2 aromatic carbocycles. The zero-order chi connectivity index (χ0) is 22.7. The van der Waals surface area contributed by atoms with E-state index in [2.05, 4.69) is 10.00 Å². The molecule has 1 fully saturated rings. The smallest absolute Gasteiger partial charge is 0.267 e. The minimum absolute atomic E-state index is 0.279. The van der Waals surface area contributed by atoms with Crippen LogP contribution < -0.4 is 10.5 Å². The molecule has 3 aromatic rings. The zero-order valence-electron chi connectivity index (χ0n) is 17.1. The minimum atomic E-state index is -4.14. The van der Waals surface area contributed by atoms with E-state index in [-0.39, 0.29) is 17.3 Å². The van der Waals surface area contributed by atoms with Gasteiger partial charge in [0.25, 0.3) is 5.56 Å². The fourth-order valence-corrected chi connectivity index (χ4v) is 4.74. The summed E-state index contributed by atoms with van der Waals surface area (Å²) in [6.07, 6.45) is 0. The number of halogens is 1. The molecule has 0 spiro atoms. The average molecular weight is 456 g/mol. The first-order valence-corrected chi connectivity index (χ1v) is 11.5. The number of hydrogen-bond donors (Lipinski definition) is 0. The fraction of sp³-hybridized carbons (Fsp3) is 0.227. The van der Waals surface area contributed by atoms with Gasteiger partial charge in [-0.3, -0.25) is 9.59 Å². The summed E-state index contributed by atoms with van der Waals surface area (Å²) in [5, 5.41) is 3.46. The number of sulfone groups is 1. The molecule has 4 rings (SSSR count). The van der Waals surface area contributed by atoms with Gasteiger partial charge in [0.2, 0.25) is 15.7 Å². The van der Waals surface area contributed by atoms with Gasteiger partial charge in [-0.15, -0.1) is 0 Å². The van der Waals surface area contributed by atoms with Gasteiger partial charge in [-0.2, -0.15) is 5.10 Å². The number of nitrogens with zero attached hydrogens (tertiary/aromatic N) is 4. The van der Waals surface area contributed by atoms with E-state index in [0.29, 0.717) is 26.2 Å². The van der Waals surface area contributed by atoms with Gasteiger partial charge in [-0.25, -0.2) is 17.5 Å². The summed E-state index contributed by atoms with van der Waals surface area (Å²) in [7, 11) is -4.14. The predicted molar refractivity (Wildman–Crippen MR) is 116 cm³/mol. The van der Waals surface area contributed by atoms with E-state index in [1.807, 2.05) is 30.3 Å². The highest BCUT2D eigenvalue weighted by Crippen LogP contribution is 2.19. The summed E-state index contributed by atoms with van der Waals surface area (Å²) in [5.74, 6) is -1.03. The van der Waals surface area contributed by atoms with Crippen LogP contribution >= 0.6 is 0 Å². The number of carbonyl (C=O) groups is 1. The average Bonchev–Trinajstić information content (AvgIpc) is 2.81. The number of amides is 1. The molecule has 166 valence electrons. The molecule has 0 bridgehead atoms. The molecular weight excluding hydrogens is 435 g/mol. The Balaban J connectivity index is 1.48. The summed E-state index contributed by atoms with van der Waals surface area (Å²) in [5.41, 5.74) is 0.479. The zero-order valence-corrected chi connectivity index (χ0v) is 17.9. The lowest BCUT2D eigenvalue weighted by Crippen LogP contribution is -2.50. The lowest BCUT2D eigenvalue weighted by atomic mass is 10.2. The number of carbonyl (C=O) groups excluding carboxylic acids is 1. The number of rotatable bonds is 5. The van der Waals surface area contributed by atoms with Crippen molar-refractivity contribution in [1.29, 1.82) is 0 Å². The van der Waals surface area contributed by atoms with Crippen LogP contribution in [0.4, 0.5) is 10.1 Å². The van der Waals surface area contributed by atoms with Crippen molar-refractivity contribution in [2.24, 2.45) is 0 Å². The summed E-state index contributed by atoms with van der Waals surface area (Å²) in [4.78, 5) is 28.5. The lowest BCUT2D eigenvalue weighted by molar-refractivity contribution is -0.132. The standard InChI is InChI=1S/C22H21FN4O4S/c23-17-5-4-8-19(15-17)32(30,31)20-9-10-21(28)27(24-20)16-22(29)26-13-11-25(12-14-26)18-6-2-1-3-7-18/h1-10,15H,11-14,16H2. The Bertz CT molecular complexity index is 1290. The Hall–Kier alpha value is -3.53. The SMILES string of the molecule is O=C(Cn1nc(S(=O)(=O)c2cccc(F)c2)ccc1=O)N1CCN(c2ccccc2)CC1. The van der Waals surface area contributed by atoms with Gasteiger partial charge in [0.15, 0.2) is 5.03 Å². The maximum absolute atomic E-state index is 13.5. The second kappa shape index (κ2) is 8.91. The Morgan fingerprint density at radius 1 is 0.938 bits per heavy atom. The van der Waals surface area contributed by atoms with Crippen molar-refractivity contribution < 1.29 is 17.6 Å². The minimum Gasteiger partial charge on any atom is -0.368 e. The second-order valence-electron chi connectivity index (χ2n) is 7.33. The van der Waals surface area contributed by atoms with E-state index in [1.165, 1.54) is 12.1 Å². The van der Waals surface area contributed by atoms with Crippen LogP contribution in [-0.2, 0) is 21.2 Å². The highest BCUT2D eigenvalue weighted by molar-refractivity contribution is 7.91. The van der Waals surface area contributed by atoms with E-state index < -0.39 is 26.2 Å². The molecule has 0 unspecified atom stereocenters. The van der Waals surface area contributed by atoms with Crippen molar-refractivity contribution in [1.82, 2.24) is 14.7 Å². The van der Waals surface area contributed by atoms with Crippen LogP contribution in [0.1, 0.15) is 0 Å². The van der Waals surface area contributed by atoms with E-state index in [1.54, 1.807) is 4.90 Å². The number of para-hydroxylation sites is 1. The number of anilines is 1. The molecule has 1 saturated heterocycles. The molecule has 10 heteroatoms. The molecule has 0 radical (unpaired) electrons. The van der Waals surface area contributed by atoms with Crippen LogP contribution in [0.15, 0.2) is 81.4 Å². The highest BCUT2D eigenvalue weighted by Gasteiger charge is 2.24. The maximum Gasteiger partial charge on any atom is 0.267 e. The monoisotopic (exact) mass is 456 g/mol. The number of piperazine rings is 1. The molecule has 0 aliphatic carbocycles. The summed E-state index contributed by atoms with van der Waals surface area (Å²) in [6, 6.07) is 16.5. The van der Waals surface area contributed by atoms with Crippen LogP contribution in [0, 0.1) is 5.82 Å². The number of hydrogen-bond acceptors (Lipinski definition) is 6. The van der Waals surface area contributed by atoms with Gasteiger partial charge >= 0.3 is 0 Å². The van der Waals surface area contributed by atoms with Crippen LogP contribution in [0.2, 0.25) is 0 Å². The van der Waals surface area contributed by atoms with E-state index in [4.69, 9.17) is 0 Å². The van der Waals surface area contributed by atoms with Crippen molar-refractivity contribution in [2.45, 2.75) is 16.5 Å². The molecule has 0 saturated carbocycles. The van der Waals surface area contributed by atoms with Gasteiger partial charge in [-0.1, -0.05) is 24.3 Å². The molecule has 1 aromatic heterocycles. The molecule has 1 aliphatic rings. The molecule has 8 nitrogen and oxygen atoms in total. The second-order valence-corrected chi connectivity index (χ2v) is 9.23. The number of aromatic nitrogens is 2. The van der Waals surface area contributed by atoms with Gasteiger partial charge in [-0.05, 0) is 36.4 Å². The molecular formula is C22H21FN4O4S. The topological polar surface area (TPSA) is 92.6 Å². The third kappa shape index (κ3) is 4.54. The van der Waals surface area contributed by atoms with Crippen LogP contribution in [0.5, 0.6) is 0 Å². The van der Waals surface area contributed by atoms with Crippen LogP contribution in [-0.4, -0.2) is 55.2 Å². The lowest BCUT2D eigenvalue weighted by Gasteiger charge is -2.36. The Morgan fingerprint density at radius 3 is 2.34 bits per heavy atom. The van der Waals surface area contributed by atoms with Crippen molar-refractivity contribution in [2.75, 3.05) is 31.1 Å². The van der Waals surface area contributed by atoms with Crippen molar-refractivity contribution in [3.05, 3.63) is 82.9 Å². The number of benzene rings is 2. The van der Waals surface area contributed by atoms with Gasteiger partial charge in [0.05, 0.1) is 4.90 Å². The predicted octanol–water partition coefficient (Wildman–Crippen LogP) is 1.56. The van der Waals surface area contributed by atoms with Gasteiger partial charge < -0.3 is 9.80 Å². The molecule has 1 aliphatic heterocycles. The normalized spacial score (nSPS) is 14.4. The summed E-state index contributed by atoms with van der Waals surface area (Å²) < 4.78 is 39.8. The van der Waals surface area contributed by atoms with Crippen LogP contribution in [0.25, 0.3) is 0 Å². The molecule has 1 amide bonds. The maximum atomic E-state index is 13.5. The van der Waals surface area contributed by atoms with Gasteiger partial charge in [0.1, 0.15) is 12.4 Å². The first-order chi connectivity index (χ1) is 15.3. The summed E-state index contributed by atoms with van der Waals surface area (Å²) >= 11 is 0. The fourth-order valence-electron chi connectivity index (χ4n) is 3.52. The molecule has 0 N–H and O–H groups in total. The molecule has 2 heterocycles. The Labute approximate surface area is 184 Å². The third-order valence-corrected chi connectivity index (χ3v) is 6.91. The Morgan fingerprint density at radius 2 is 1.66 bits per heavy atom. The Kier molecular flexibility index (Phi) is 6.04. The quantitative estimate of drug-likeness (QED) is 0.579. The van der Waals surface area contributed by atoms with E-state index in [9.17, 15) is 22.4 Å². The van der Waals surface area contributed by atoms with E-state index in [0.717, 1.165) is 34.6 Å². The van der Waals surface area contributed by atoms with Crippen molar-refractivity contribution in [3.63, 3.8) is 0 Å². The first kappa shape index (κ1) is 21.7. The van der Waals surface area contributed by atoms with Crippen molar-refractivity contribution >= 4 is 21.4 Å². The molecule has 32 heavy (non-hydrogen) atoms. The largest absolute Gasteiger partial charge is 0.368 e. The van der Waals surface area contributed by atoms with Gasteiger partial charge in [0, 0.05) is 37.9 Å². The highest BCUT2D eigenvalue weighted by atomic mass is 32.2. The summed E-state index contributed by atoms with van der Waals surface area (Å²) in [6.45, 7) is 1.86. The third-order valence-electron chi connectivity index (χ3n) is 5.26. The molecule has 0 atom stereocenters. The first-order valence-electron chi connectivity index (χ1n) is 10.0. The van der Waals surface area contributed by atoms with Crippen molar-refractivity contribution in [3.8, 4) is 0 Å².